The first-order chi connectivity index (χ1) is 10.9. The van der Waals surface area contributed by atoms with Gasteiger partial charge < -0.3 is 10.4 Å². The average molecular weight is 339 g/mol. The van der Waals surface area contributed by atoms with Crippen molar-refractivity contribution in [2.75, 3.05) is 13.1 Å². The van der Waals surface area contributed by atoms with Gasteiger partial charge in [-0.25, -0.2) is 0 Å². The van der Waals surface area contributed by atoms with Gasteiger partial charge in [-0.15, -0.1) is 0 Å². The maximum absolute atomic E-state index is 12.1. The highest BCUT2D eigenvalue weighted by atomic mass is 35.5. The van der Waals surface area contributed by atoms with Crippen LogP contribution in [-0.4, -0.2) is 47.1 Å². The summed E-state index contributed by atoms with van der Waals surface area (Å²) in [5.41, 5.74) is 1.80. The first-order valence-electron chi connectivity index (χ1n) is 7.89. The van der Waals surface area contributed by atoms with Crippen molar-refractivity contribution in [2.45, 2.75) is 45.2 Å². The summed E-state index contributed by atoms with van der Waals surface area (Å²) in [6.45, 7) is 4.63. The molecule has 0 unspecified atom stereocenters. The van der Waals surface area contributed by atoms with E-state index in [4.69, 9.17) is 16.7 Å². The number of benzene rings is 1. The molecule has 23 heavy (non-hydrogen) atoms. The predicted octanol–water partition coefficient (Wildman–Crippen LogP) is 2.24. The third kappa shape index (κ3) is 4.69. The smallest absolute Gasteiger partial charge is 0.317 e. The van der Waals surface area contributed by atoms with Gasteiger partial charge in [0.2, 0.25) is 5.91 Å². The van der Waals surface area contributed by atoms with Crippen molar-refractivity contribution in [2.24, 2.45) is 0 Å². The molecule has 0 spiro atoms. The normalized spacial score (nSPS) is 20.2. The SMILES string of the molecule is CCN(CC(=O)O)C1CC(NC(=O)Cc2cccc(C)c2Cl)C1. The molecular weight excluding hydrogens is 316 g/mol. The molecule has 1 aromatic carbocycles. The van der Waals surface area contributed by atoms with E-state index < -0.39 is 5.97 Å². The second kappa shape index (κ2) is 7.79. The topological polar surface area (TPSA) is 69.6 Å². The summed E-state index contributed by atoms with van der Waals surface area (Å²) in [6, 6.07) is 6.04. The van der Waals surface area contributed by atoms with Gasteiger partial charge >= 0.3 is 5.97 Å². The number of rotatable bonds is 7. The van der Waals surface area contributed by atoms with Gasteiger partial charge in [-0.3, -0.25) is 14.5 Å². The average Bonchev–Trinajstić information content (AvgIpc) is 2.45. The number of aliphatic carboxylic acids is 1. The van der Waals surface area contributed by atoms with E-state index in [-0.39, 0.29) is 31.0 Å². The number of amides is 1. The van der Waals surface area contributed by atoms with Crippen LogP contribution in [0.2, 0.25) is 5.02 Å². The quantitative estimate of drug-likeness (QED) is 0.800. The van der Waals surface area contributed by atoms with Crippen LogP contribution in [0.1, 0.15) is 30.9 Å². The molecule has 0 bridgehead atoms. The number of carbonyl (C=O) groups excluding carboxylic acids is 1. The van der Waals surface area contributed by atoms with Gasteiger partial charge in [0.25, 0.3) is 0 Å². The number of nitrogens with one attached hydrogen (secondary N) is 1. The zero-order valence-electron chi connectivity index (χ0n) is 13.5. The third-order valence-electron chi connectivity index (χ3n) is 4.36. The summed E-state index contributed by atoms with van der Waals surface area (Å²) >= 11 is 6.21. The lowest BCUT2D eigenvalue weighted by Gasteiger charge is -2.42. The van der Waals surface area contributed by atoms with Crippen LogP contribution in [0.3, 0.4) is 0 Å². The number of hydrogen-bond donors (Lipinski definition) is 2. The molecule has 5 nitrogen and oxygen atoms in total. The Balaban J connectivity index is 1.80. The minimum Gasteiger partial charge on any atom is -0.480 e. The van der Waals surface area contributed by atoms with E-state index in [0.717, 1.165) is 24.0 Å². The van der Waals surface area contributed by atoms with Crippen molar-refractivity contribution in [3.8, 4) is 0 Å². The van der Waals surface area contributed by atoms with Crippen LogP contribution in [0.4, 0.5) is 0 Å². The Kier molecular flexibility index (Phi) is 6.02. The molecule has 1 fully saturated rings. The first kappa shape index (κ1) is 17.8. The Morgan fingerprint density at radius 3 is 2.70 bits per heavy atom. The van der Waals surface area contributed by atoms with Crippen molar-refractivity contribution in [3.63, 3.8) is 0 Å². The van der Waals surface area contributed by atoms with Gasteiger partial charge in [0.1, 0.15) is 0 Å². The van der Waals surface area contributed by atoms with Gasteiger partial charge in [0.05, 0.1) is 13.0 Å². The van der Waals surface area contributed by atoms with Gasteiger partial charge in [0.15, 0.2) is 0 Å². The fourth-order valence-electron chi connectivity index (χ4n) is 2.97. The first-order valence-corrected chi connectivity index (χ1v) is 8.27. The Morgan fingerprint density at radius 2 is 2.09 bits per heavy atom. The summed E-state index contributed by atoms with van der Waals surface area (Å²) in [4.78, 5) is 24.9. The lowest BCUT2D eigenvalue weighted by Crippen LogP contribution is -2.55. The van der Waals surface area contributed by atoms with Gasteiger partial charge in [0, 0.05) is 17.1 Å². The third-order valence-corrected chi connectivity index (χ3v) is 4.90. The largest absolute Gasteiger partial charge is 0.480 e. The van der Waals surface area contributed by atoms with Crippen LogP contribution >= 0.6 is 11.6 Å². The van der Waals surface area contributed by atoms with E-state index in [9.17, 15) is 9.59 Å². The molecule has 1 aliphatic carbocycles. The molecule has 0 saturated heterocycles. The summed E-state index contributed by atoms with van der Waals surface area (Å²) in [5.74, 6) is -0.851. The minimum absolute atomic E-state index is 0.0396. The number of carbonyl (C=O) groups is 2. The maximum Gasteiger partial charge on any atom is 0.317 e. The van der Waals surface area contributed by atoms with Crippen LogP contribution in [0.15, 0.2) is 18.2 Å². The Labute approximate surface area is 141 Å². The molecule has 2 N–H and O–H groups in total. The lowest BCUT2D eigenvalue weighted by molar-refractivity contribution is -0.139. The number of carboxylic acid groups (broad SMARTS) is 1. The zero-order chi connectivity index (χ0) is 17.0. The highest BCUT2D eigenvalue weighted by Gasteiger charge is 2.34. The second-order valence-corrected chi connectivity index (χ2v) is 6.45. The maximum atomic E-state index is 12.1. The second-order valence-electron chi connectivity index (χ2n) is 6.07. The van der Waals surface area contributed by atoms with Crippen LogP contribution in [0.25, 0.3) is 0 Å². The van der Waals surface area contributed by atoms with E-state index >= 15 is 0 Å². The number of carboxylic acids is 1. The molecule has 1 aliphatic rings. The fraction of sp³-hybridized carbons (Fsp3) is 0.529. The molecule has 0 atom stereocenters. The minimum atomic E-state index is -0.812. The van der Waals surface area contributed by atoms with E-state index in [1.54, 1.807) is 0 Å². The Morgan fingerprint density at radius 1 is 1.39 bits per heavy atom. The van der Waals surface area contributed by atoms with Gasteiger partial charge in [-0.05, 0) is 37.4 Å². The van der Waals surface area contributed by atoms with E-state index in [2.05, 4.69) is 5.32 Å². The zero-order valence-corrected chi connectivity index (χ0v) is 14.3. The van der Waals surface area contributed by atoms with Crippen LogP contribution in [0.5, 0.6) is 0 Å². The van der Waals surface area contributed by atoms with Crippen molar-refractivity contribution in [1.29, 1.82) is 0 Å². The van der Waals surface area contributed by atoms with E-state index in [1.807, 2.05) is 36.9 Å². The molecule has 126 valence electrons. The van der Waals surface area contributed by atoms with Gasteiger partial charge in [-0.1, -0.05) is 36.7 Å². The van der Waals surface area contributed by atoms with Gasteiger partial charge in [-0.2, -0.15) is 0 Å². The summed E-state index contributed by atoms with van der Waals surface area (Å²) in [5, 5.41) is 12.5. The molecular formula is C17H23ClN2O3. The van der Waals surface area contributed by atoms with Crippen LogP contribution < -0.4 is 5.32 Å². The summed E-state index contributed by atoms with van der Waals surface area (Å²) in [6.07, 6.45) is 1.87. The molecule has 0 aromatic heterocycles. The Bertz CT molecular complexity index is 585. The van der Waals surface area contributed by atoms with Crippen LogP contribution in [-0.2, 0) is 16.0 Å². The highest BCUT2D eigenvalue weighted by Crippen LogP contribution is 2.26. The Hall–Kier alpha value is -1.59. The lowest BCUT2D eigenvalue weighted by atomic mass is 9.85. The van der Waals surface area contributed by atoms with E-state index in [1.165, 1.54) is 0 Å². The summed E-state index contributed by atoms with van der Waals surface area (Å²) in [7, 11) is 0. The van der Waals surface area contributed by atoms with Crippen molar-refractivity contribution < 1.29 is 14.7 Å². The highest BCUT2D eigenvalue weighted by molar-refractivity contribution is 6.32. The summed E-state index contributed by atoms with van der Waals surface area (Å²) < 4.78 is 0. The van der Waals surface area contributed by atoms with Crippen molar-refractivity contribution in [1.82, 2.24) is 10.2 Å². The molecule has 6 heteroatoms. The van der Waals surface area contributed by atoms with Crippen molar-refractivity contribution in [3.05, 3.63) is 34.3 Å². The number of nitrogens with zero attached hydrogens (tertiary/aromatic N) is 1. The molecule has 0 aliphatic heterocycles. The number of halogens is 1. The fourth-order valence-corrected chi connectivity index (χ4v) is 3.17. The molecule has 1 aromatic rings. The number of likely N-dealkylation sites (N-methyl/N-ethyl adjacent to an activating group) is 1. The predicted molar refractivity (Wildman–Crippen MR) is 89.7 cm³/mol. The molecule has 1 amide bonds. The standard InChI is InChI=1S/C17H23ClN2O3/c1-3-20(10-16(22)23)14-8-13(9-14)19-15(21)7-12-6-4-5-11(2)17(12)18/h4-6,13-14H,3,7-10H2,1-2H3,(H,19,21)(H,22,23). The number of aryl methyl sites for hydroxylation is 1. The van der Waals surface area contributed by atoms with Crippen molar-refractivity contribution >= 4 is 23.5 Å². The van der Waals surface area contributed by atoms with E-state index in [0.29, 0.717) is 11.6 Å². The molecule has 0 radical (unpaired) electrons. The molecule has 0 heterocycles. The number of hydrogen-bond acceptors (Lipinski definition) is 3. The molecule has 1 saturated carbocycles. The monoisotopic (exact) mass is 338 g/mol. The molecule has 2 rings (SSSR count). The van der Waals surface area contributed by atoms with Crippen LogP contribution in [0, 0.1) is 6.92 Å².